The van der Waals surface area contributed by atoms with Gasteiger partial charge in [-0.3, -0.25) is 4.79 Å². The van der Waals surface area contributed by atoms with Crippen LogP contribution in [-0.2, 0) is 4.79 Å². The van der Waals surface area contributed by atoms with Crippen molar-refractivity contribution in [3.05, 3.63) is 29.3 Å². The summed E-state index contributed by atoms with van der Waals surface area (Å²) in [6.45, 7) is -0.709. The molecule has 0 unspecified atom stereocenters. The highest BCUT2D eigenvalue weighted by molar-refractivity contribution is 6.52. The number of amides is 1. The van der Waals surface area contributed by atoms with Gasteiger partial charge in [0.1, 0.15) is 4.33 Å². The van der Waals surface area contributed by atoms with E-state index >= 15 is 0 Å². The van der Waals surface area contributed by atoms with E-state index in [0.29, 0.717) is 10.7 Å². The molecule has 0 aromatic heterocycles. The molecule has 1 aromatic carbocycles. The van der Waals surface area contributed by atoms with Crippen LogP contribution in [0.1, 0.15) is 6.42 Å². The van der Waals surface area contributed by atoms with Gasteiger partial charge in [0.05, 0.1) is 12.5 Å². The first kappa shape index (κ1) is 14.8. The van der Waals surface area contributed by atoms with Crippen LogP contribution in [0.15, 0.2) is 24.3 Å². The molecule has 19 heavy (non-hydrogen) atoms. The monoisotopic (exact) mass is 327 g/mol. The van der Waals surface area contributed by atoms with Crippen LogP contribution in [0.2, 0.25) is 5.02 Å². The minimum absolute atomic E-state index is 0.273. The van der Waals surface area contributed by atoms with Gasteiger partial charge in [0, 0.05) is 10.7 Å². The fraction of sp³-hybridized carbons (Fsp3) is 0.417. The summed E-state index contributed by atoms with van der Waals surface area (Å²) in [6, 6.07) is 6.18. The summed E-state index contributed by atoms with van der Waals surface area (Å²) in [6.07, 6.45) is -2.38. The standard InChI is InChI=1S/C12H10Cl3F2NO/c13-7-2-1-3-8(4-7)18(6-10(16)17)11(19)9-5-12(9,14)15/h1-4,9-10H,5-6H2/t9-/m0/s1. The second-order valence-corrected chi connectivity index (χ2v) is 6.32. The molecule has 2 rings (SSSR count). The highest BCUT2D eigenvalue weighted by Crippen LogP contribution is 2.54. The van der Waals surface area contributed by atoms with Gasteiger partial charge >= 0.3 is 0 Å². The fourth-order valence-corrected chi connectivity index (χ4v) is 2.45. The van der Waals surface area contributed by atoms with Gasteiger partial charge in [-0.1, -0.05) is 17.7 Å². The Morgan fingerprint density at radius 3 is 2.58 bits per heavy atom. The number of halogens is 5. The molecule has 1 atom stereocenters. The first-order valence-electron chi connectivity index (χ1n) is 5.54. The zero-order valence-electron chi connectivity index (χ0n) is 9.62. The van der Waals surface area contributed by atoms with Crippen molar-refractivity contribution in [2.24, 2.45) is 5.92 Å². The molecule has 104 valence electrons. The van der Waals surface area contributed by atoms with Crippen molar-refractivity contribution in [2.45, 2.75) is 17.2 Å². The SMILES string of the molecule is O=C([C@@H]1CC1(Cl)Cl)N(CC(F)F)c1cccc(Cl)c1. The van der Waals surface area contributed by atoms with Crippen LogP contribution < -0.4 is 4.90 Å². The van der Waals surface area contributed by atoms with E-state index in [9.17, 15) is 13.6 Å². The molecule has 1 amide bonds. The average Bonchev–Trinajstić information content (AvgIpc) is 2.94. The lowest BCUT2D eigenvalue weighted by Crippen LogP contribution is -2.37. The van der Waals surface area contributed by atoms with E-state index in [2.05, 4.69) is 0 Å². The number of hydrogen-bond acceptors (Lipinski definition) is 1. The van der Waals surface area contributed by atoms with Crippen molar-refractivity contribution < 1.29 is 13.6 Å². The predicted molar refractivity (Wildman–Crippen MR) is 72.4 cm³/mol. The molecule has 1 aromatic rings. The number of hydrogen-bond donors (Lipinski definition) is 0. The Kier molecular flexibility index (Phi) is 4.23. The fourth-order valence-electron chi connectivity index (χ4n) is 1.77. The molecule has 7 heteroatoms. The summed E-state index contributed by atoms with van der Waals surface area (Å²) in [7, 11) is 0. The van der Waals surface area contributed by atoms with E-state index in [0.717, 1.165) is 4.90 Å². The number of rotatable bonds is 4. The summed E-state index contributed by atoms with van der Waals surface area (Å²) in [4.78, 5) is 13.1. The van der Waals surface area contributed by atoms with Crippen molar-refractivity contribution in [1.82, 2.24) is 0 Å². The molecule has 0 saturated heterocycles. The minimum atomic E-state index is -2.65. The van der Waals surface area contributed by atoms with E-state index < -0.39 is 29.1 Å². The molecule has 0 heterocycles. The molecular weight excluding hydrogens is 318 g/mol. The number of anilines is 1. The zero-order chi connectivity index (χ0) is 14.2. The topological polar surface area (TPSA) is 20.3 Å². The molecular formula is C12H10Cl3F2NO. The molecule has 1 aliphatic carbocycles. The van der Waals surface area contributed by atoms with Crippen molar-refractivity contribution in [3.63, 3.8) is 0 Å². The van der Waals surface area contributed by atoms with Crippen LogP contribution >= 0.6 is 34.8 Å². The first-order valence-corrected chi connectivity index (χ1v) is 6.67. The summed E-state index contributed by atoms with van der Waals surface area (Å²) in [5, 5.41) is 0.364. The highest BCUT2D eigenvalue weighted by Gasteiger charge is 2.57. The molecule has 0 bridgehead atoms. The first-order chi connectivity index (χ1) is 8.81. The van der Waals surface area contributed by atoms with Crippen LogP contribution in [0.3, 0.4) is 0 Å². The third-order valence-electron chi connectivity index (χ3n) is 2.83. The van der Waals surface area contributed by atoms with Crippen LogP contribution in [0.4, 0.5) is 14.5 Å². The third kappa shape index (κ3) is 3.50. The number of carbonyl (C=O) groups excluding carboxylic acids is 1. The van der Waals surface area contributed by atoms with E-state index in [1.54, 1.807) is 18.2 Å². The molecule has 0 aliphatic heterocycles. The van der Waals surface area contributed by atoms with Crippen molar-refractivity contribution in [1.29, 1.82) is 0 Å². The lowest BCUT2D eigenvalue weighted by atomic mass is 10.2. The molecule has 1 fully saturated rings. The van der Waals surface area contributed by atoms with E-state index in [1.807, 2.05) is 0 Å². The maximum atomic E-state index is 12.6. The number of alkyl halides is 4. The Morgan fingerprint density at radius 1 is 1.47 bits per heavy atom. The summed E-state index contributed by atoms with van der Waals surface area (Å²) in [5.41, 5.74) is 0.314. The van der Waals surface area contributed by atoms with E-state index in [-0.39, 0.29) is 6.42 Å². The van der Waals surface area contributed by atoms with E-state index in [1.165, 1.54) is 6.07 Å². The number of nitrogens with zero attached hydrogens (tertiary/aromatic N) is 1. The quantitative estimate of drug-likeness (QED) is 0.761. The smallest absolute Gasteiger partial charge is 0.256 e. The normalized spacial score (nSPS) is 20.4. The predicted octanol–water partition coefficient (Wildman–Crippen LogP) is 4.13. The Labute approximate surface area is 124 Å². The molecule has 0 spiro atoms. The Balaban J connectivity index is 2.24. The number of carbonyl (C=O) groups is 1. The van der Waals surface area contributed by atoms with Crippen molar-refractivity contribution >= 4 is 46.4 Å². The summed E-state index contributed by atoms with van der Waals surface area (Å²) in [5.74, 6) is -1.15. The second kappa shape index (κ2) is 5.43. The van der Waals surface area contributed by atoms with Gasteiger partial charge in [-0.2, -0.15) is 0 Å². The van der Waals surface area contributed by atoms with Gasteiger partial charge in [-0.25, -0.2) is 8.78 Å². The Hall–Kier alpha value is -0.580. The molecule has 0 radical (unpaired) electrons. The van der Waals surface area contributed by atoms with Crippen molar-refractivity contribution in [3.8, 4) is 0 Å². The van der Waals surface area contributed by atoms with Gasteiger partial charge in [0.25, 0.3) is 6.43 Å². The maximum absolute atomic E-state index is 12.6. The highest BCUT2D eigenvalue weighted by atomic mass is 35.5. The van der Waals surface area contributed by atoms with Gasteiger partial charge in [0.2, 0.25) is 5.91 Å². The Bertz CT molecular complexity index is 496. The van der Waals surface area contributed by atoms with Crippen LogP contribution in [0, 0.1) is 5.92 Å². The molecule has 0 N–H and O–H groups in total. The molecule has 1 aliphatic rings. The van der Waals surface area contributed by atoms with Gasteiger partial charge in [0.15, 0.2) is 0 Å². The zero-order valence-corrected chi connectivity index (χ0v) is 11.9. The second-order valence-electron chi connectivity index (χ2n) is 4.34. The van der Waals surface area contributed by atoms with Crippen LogP contribution in [-0.4, -0.2) is 23.2 Å². The van der Waals surface area contributed by atoms with Gasteiger partial charge < -0.3 is 4.90 Å². The lowest BCUT2D eigenvalue weighted by Gasteiger charge is -2.23. The lowest BCUT2D eigenvalue weighted by molar-refractivity contribution is -0.120. The largest absolute Gasteiger partial charge is 0.306 e. The van der Waals surface area contributed by atoms with Gasteiger partial charge in [-0.05, 0) is 24.6 Å². The minimum Gasteiger partial charge on any atom is -0.306 e. The summed E-state index contributed by atoms with van der Waals surface area (Å²) < 4.78 is 24.1. The van der Waals surface area contributed by atoms with Crippen LogP contribution in [0.5, 0.6) is 0 Å². The third-order valence-corrected chi connectivity index (χ3v) is 3.90. The average molecular weight is 329 g/mol. The Morgan fingerprint density at radius 2 is 2.11 bits per heavy atom. The van der Waals surface area contributed by atoms with Crippen molar-refractivity contribution in [2.75, 3.05) is 11.4 Å². The molecule has 2 nitrogen and oxygen atoms in total. The van der Waals surface area contributed by atoms with E-state index in [4.69, 9.17) is 34.8 Å². The maximum Gasteiger partial charge on any atom is 0.256 e. The molecule has 1 saturated carbocycles. The van der Waals surface area contributed by atoms with Gasteiger partial charge in [-0.15, -0.1) is 23.2 Å². The summed E-state index contributed by atoms with van der Waals surface area (Å²) >= 11 is 17.4. The van der Waals surface area contributed by atoms with Crippen LogP contribution in [0.25, 0.3) is 0 Å². The number of benzene rings is 1.